The Labute approximate surface area is 186 Å². The second kappa shape index (κ2) is 9.51. The van der Waals surface area contributed by atoms with Crippen molar-refractivity contribution >= 4 is 27.5 Å². The summed E-state index contributed by atoms with van der Waals surface area (Å²) in [4.78, 5) is 22.7. The molecule has 0 saturated heterocycles. The molecule has 0 spiro atoms. The summed E-state index contributed by atoms with van der Waals surface area (Å²) >= 11 is 1.64. The summed E-state index contributed by atoms with van der Waals surface area (Å²) in [5, 5.41) is 20.9. The Morgan fingerprint density at radius 2 is 1.74 bits per heavy atom. The molecule has 6 nitrogen and oxygen atoms in total. The third-order valence-corrected chi connectivity index (χ3v) is 6.93. The number of anilines is 1. The Morgan fingerprint density at radius 1 is 1.06 bits per heavy atom. The molecule has 0 saturated carbocycles. The number of fused-ring (bicyclic) bond motifs is 3. The summed E-state index contributed by atoms with van der Waals surface area (Å²) in [6, 6.07) is 9.89. The van der Waals surface area contributed by atoms with Crippen LogP contribution < -0.4 is 10.5 Å². The number of benzene rings is 1. The van der Waals surface area contributed by atoms with E-state index in [4.69, 9.17) is 4.98 Å². The van der Waals surface area contributed by atoms with Gasteiger partial charge in [-0.3, -0.25) is 9.36 Å². The summed E-state index contributed by atoms with van der Waals surface area (Å²) in [5.74, 6) is 0.513. The van der Waals surface area contributed by atoms with Crippen molar-refractivity contribution in [2.45, 2.75) is 64.7 Å². The first kappa shape index (κ1) is 22.0. The number of nitrogens with zero attached hydrogens (tertiary/aromatic N) is 3. The third-order valence-electron chi connectivity index (χ3n) is 5.74. The van der Waals surface area contributed by atoms with Crippen molar-refractivity contribution in [3.8, 4) is 0 Å². The van der Waals surface area contributed by atoms with Gasteiger partial charge in [0.05, 0.1) is 24.1 Å². The Bertz CT molecular complexity index is 1080. The lowest BCUT2D eigenvalue weighted by Gasteiger charge is -2.28. The van der Waals surface area contributed by atoms with Crippen LogP contribution in [0.25, 0.3) is 10.2 Å². The number of hydrogen-bond donors (Lipinski definition) is 2. The summed E-state index contributed by atoms with van der Waals surface area (Å²) in [7, 11) is 0. The zero-order chi connectivity index (χ0) is 22.0. The molecule has 0 bridgehead atoms. The minimum atomic E-state index is -0.614. The fourth-order valence-electron chi connectivity index (χ4n) is 4.43. The standard InChI is InChI=1S/C24H31N3O3S/c1-16(28)13-26(14-17(2)29)24-25-22-21(19-11-7-4-8-12-20(19)31-22)23(30)27(24)15-18-9-5-3-6-10-18/h3,5-6,9-10,16-17,28-29H,4,7-8,11-15H2,1-2H3. The van der Waals surface area contributed by atoms with Gasteiger partial charge in [-0.2, -0.15) is 0 Å². The maximum Gasteiger partial charge on any atom is 0.264 e. The van der Waals surface area contributed by atoms with Gasteiger partial charge in [-0.05, 0) is 50.7 Å². The molecular formula is C24H31N3O3S. The molecule has 1 aliphatic rings. The summed E-state index contributed by atoms with van der Waals surface area (Å²) in [6.07, 6.45) is 4.17. The van der Waals surface area contributed by atoms with E-state index in [2.05, 4.69) is 0 Å². The van der Waals surface area contributed by atoms with Gasteiger partial charge in [0.1, 0.15) is 4.83 Å². The molecule has 31 heavy (non-hydrogen) atoms. The van der Waals surface area contributed by atoms with Crippen LogP contribution in [-0.2, 0) is 19.4 Å². The van der Waals surface area contributed by atoms with Crippen molar-refractivity contribution in [3.63, 3.8) is 0 Å². The number of aromatic nitrogens is 2. The molecule has 1 aliphatic carbocycles. The third kappa shape index (κ3) is 4.84. The lowest BCUT2D eigenvalue weighted by molar-refractivity contribution is 0.177. The first-order chi connectivity index (χ1) is 14.9. The summed E-state index contributed by atoms with van der Waals surface area (Å²) < 4.78 is 1.72. The highest BCUT2D eigenvalue weighted by Crippen LogP contribution is 2.34. The van der Waals surface area contributed by atoms with E-state index in [9.17, 15) is 15.0 Å². The van der Waals surface area contributed by atoms with E-state index in [-0.39, 0.29) is 5.56 Å². The van der Waals surface area contributed by atoms with Gasteiger partial charge in [-0.15, -0.1) is 11.3 Å². The van der Waals surface area contributed by atoms with Crippen molar-refractivity contribution in [1.29, 1.82) is 0 Å². The highest BCUT2D eigenvalue weighted by atomic mass is 32.1. The van der Waals surface area contributed by atoms with E-state index in [0.29, 0.717) is 25.6 Å². The normalized spacial score (nSPS) is 16.0. The van der Waals surface area contributed by atoms with Crippen LogP contribution in [0.4, 0.5) is 5.95 Å². The SMILES string of the molecule is CC(O)CN(CC(C)O)c1nc2sc3c(c2c(=O)n1Cc1ccccc1)CCCCC3. The second-order valence-corrected chi connectivity index (χ2v) is 9.72. The topological polar surface area (TPSA) is 78.6 Å². The predicted octanol–water partition coefficient (Wildman–Crippen LogP) is 3.34. The van der Waals surface area contributed by atoms with E-state index >= 15 is 0 Å². The molecule has 0 amide bonds. The van der Waals surface area contributed by atoms with Gasteiger partial charge in [0.15, 0.2) is 0 Å². The number of hydrogen-bond acceptors (Lipinski definition) is 6. The molecule has 0 aliphatic heterocycles. The van der Waals surface area contributed by atoms with Crippen LogP contribution in [0.3, 0.4) is 0 Å². The van der Waals surface area contributed by atoms with Crippen LogP contribution in [0.15, 0.2) is 35.1 Å². The zero-order valence-corrected chi connectivity index (χ0v) is 19.1. The number of rotatable bonds is 7. The molecule has 4 rings (SSSR count). The fourth-order valence-corrected chi connectivity index (χ4v) is 5.68. The molecule has 7 heteroatoms. The molecular weight excluding hydrogens is 410 g/mol. The van der Waals surface area contributed by atoms with Crippen LogP contribution in [0.1, 0.15) is 49.1 Å². The largest absolute Gasteiger partial charge is 0.392 e. The lowest BCUT2D eigenvalue weighted by atomic mass is 10.1. The van der Waals surface area contributed by atoms with Gasteiger partial charge < -0.3 is 15.1 Å². The monoisotopic (exact) mass is 441 g/mol. The molecule has 0 radical (unpaired) electrons. The molecule has 2 N–H and O–H groups in total. The van der Waals surface area contributed by atoms with Crippen LogP contribution in [0.5, 0.6) is 0 Å². The van der Waals surface area contributed by atoms with Gasteiger partial charge in [-0.1, -0.05) is 36.8 Å². The Balaban J connectivity index is 1.92. The summed E-state index contributed by atoms with van der Waals surface area (Å²) in [5.41, 5.74) is 2.17. The van der Waals surface area contributed by atoms with Crippen LogP contribution in [-0.4, -0.2) is 45.1 Å². The molecule has 3 aromatic rings. The Hall–Kier alpha value is -2.22. The van der Waals surface area contributed by atoms with Gasteiger partial charge in [0.2, 0.25) is 5.95 Å². The van der Waals surface area contributed by atoms with Crippen LogP contribution in [0.2, 0.25) is 0 Å². The van der Waals surface area contributed by atoms with Crippen LogP contribution >= 0.6 is 11.3 Å². The first-order valence-electron chi connectivity index (χ1n) is 11.1. The molecule has 166 valence electrons. The van der Waals surface area contributed by atoms with Crippen molar-refractivity contribution in [3.05, 3.63) is 56.7 Å². The second-order valence-electron chi connectivity index (χ2n) is 8.64. The minimum absolute atomic E-state index is 0.0237. The molecule has 2 heterocycles. The molecule has 2 atom stereocenters. The number of aryl methyl sites for hydroxylation is 2. The molecule has 2 unspecified atom stereocenters. The van der Waals surface area contributed by atoms with E-state index in [1.165, 1.54) is 16.9 Å². The average molecular weight is 442 g/mol. The Morgan fingerprint density at radius 3 is 2.42 bits per heavy atom. The van der Waals surface area contributed by atoms with Gasteiger partial charge in [0.25, 0.3) is 5.56 Å². The molecule has 0 fully saturated rings. The van der Waals surface area contributed by atoms with Crippen molar-refractivity contribution < 1.29 is 10.2 Å². The smallest absolute Gasteiger partial charge is 0.264 e. The zero-order valence-electron chi connectivity index (χ0n) is 18.3. The highest BCUT2D eigenvalue weighted by Gasteiger charge is 2.25. The predicted molar refractivity (Wildman–Crippen MR) is 126 cm³/mol. The van der Waals surface area contributed by atoms with E-state index < -0.39 is 12.2 Å². The maximum atomic E-state index is 13.9. The van der Waals surface area contributed by atoms with E-state index in [0.717, 1.165) is 41.5 Å². The number of aliphatic hydroxyl groups is 2. The quantitative estimate of drug-likeness (QED) is 0.550. The van der Waals surface area contributed by atoms with Crippen molar-refractivity contribution in [2.24, 2.45) is 0 Å². The van der Waals surface area contributed by atoms with Gasteiger partial charge >= 0.3 is 0 Å². The Kier molecular flexibility index (Phi) is 6.74. The average Bonchev–Trinajstić information content (AvgIpc) is 2.91. The highest BCUT2D eigenvalue weighted by molar-refractivity contribution is 7.18. The maximum absolute atomic E-state index is 13.9. The van der Waals surface area contributed by atoms with E-state index in [1.807, 2.05) is 35.2 Å². The summed E-state index contributed by atoms with van der Waals surface area (Å²) in [6.45, 7) is 4.41. The molecule has 1 aromatic carbocycles. The minimum Gasteiger partial charge on any atom is -0.392 e. The van der Waals surface area contributed by atoms with Gasteiger partial charge in [0, 0.05) is 18.0 Å². The number of thiophene rings is 1. The molecule has 2 aromatic heterocycles. The lowest BCUT2D eigenvalue weighted by Crippen LogP contribution is -2.41. The first-order valence-corrected chi connectivity index (χ1v) is 12.0. The van der Waals surface area contributed by atoms with E-state index in [1.54, 1.807) is 29.8 Å². The van der Waals surface area contributed by atoms with Crippen molar-refractivity contribution in [1.82, 2.24) is 9.55 Å². The van der Waals surface area contributed by atoms with Crippen molar-refractivity contribution in [2.75, 3.05) is 18.0 Å². The van der Waals surface area contributed by atoms with Gasteiger partial charge in [-0.25, -0.2) is 4.98 Å². The fraction of sp³-hybridized carbons (Fsp3) is 0.500. The van der Waals surface area contributed by atoms with Crippen LogP contribution in [0, 0.1) is 0 Å². The number of aliphatic hydroxyl groups excluding tert-OH is 2.